The van der Waals surface area contributed by atoms with Crippen LogP contribution in [0.15, 0.2) is 45.6 Å². The lowest BCUT2D eigenvalue weighted by atomic mass is 10.1. The third-order valence-electron chi connectivity index (χ3n) is 2.47. The van der Waals surface area contributed by atoms with E-state index in [0.29, 0.717) is 11.8 Å². The van der Waals surface area contributed by atoms with Crippen LogP contribution < -0.4 is 5.32 Å². The van der Waals surface area contributed by atoms with E-state index in [1.165, 1.54) is 0 Å². The van der Waals surface area contributed by atoms with Crippen molar-refractivity contribution < 1.29 is 8.83 Å². The molecule has 2 heterocycles. The fourth-order valence-electron chi connectivity index (χ4n) is 1.68. The van der Waals surface area contributed by atoms with E-state index in [9.17, 15) is 0 Å². The first kappa shape index (κ1) is 9.03. The van der Waals surface area contributed by atoms with Crippen molar-refractivity contribution >= 4 is 17.0 Å². The Labute approximate surface area is 91.9 Å². The maximum absolute atomic E-state index is 5.50. The summed E-state index contributed by atoms with van der Waals surface area (Å²) >= 11 is 0. The van der Waals surface area contributed by atoms with Gasteiger partial charge in [-0.3, -0.25) is 0 Å². The highest BCUT2D eigenvalue weighted by Gasteiger charge is 2.11. The zero-order valence-corrected chi connectivity index (χ0v) is 8.73. The molecule has 2 aromatic heterocycles. The predicted octanol–water partition coefficient (Wildman–Crippen LogP) is 3.13. The number of fused-ring (bicyclic) bond motifs is 1. The van der Waals surface area contributed by atoms with Crippen molar-refractivity contribution in [1.82, 2.24) is 4.98 Å². The highest BCUT2D eigenvalue weighted by molar-refractivity contribution is 5.92. The fraction of sp³-hybridized carbons (Fsp3) is 0.0833. The molecule has 3 rings (SSSR count). The number of nitrogens with one attached hydrogen (secondary N) is 1. The van der Waals surface area contributed by atoms with Gasteiger partial charge in [0.05, 0.1) is 11.8 Å². The molecule has 0 saturated heterocycles. The molecular weight excluding hydrogens is 204 g/mol. The Bertz CT molecular complexity index is 625. The second-order valence-corrected chi connectivity index (χ2v) is 3.43. The number of oxazole rings is 1. The average Bonchev–Trinajstić information content (AvgIpc) is 2.94. The van der Waals surface area contributed by atoms with Gasteiger partial charge in [0, 0.05) is 12.4 Å². The Hall–Kier alpha value is -2.23. The summed E-state index contributed by atoms with van der Waals surface area (Å²) in [7, 11) is 1.77. The number of hydrogen-bond acceptors (Lipinski definition) is 4. The third-order valence-corrected chi connectivity index (χ3v) is 2.47. The summed E-state index contributed by atoms with van der Waals surface area (Å²) in [5, 5.41) is 3.88. The number of rotatable bonds is 2. The van der Waals surface area contributed by atoms with Crippen molar-refractivity contribution in [3.63, 3.8) is 0 Å². The minimum absolute atomic E-state index is 0.500. The molecule has 0 saturated carbocycles. The Morgan fingerprint density at radius 3 is 2.94 bits per heavy atom. The van der Waals surface area contributed by atoms with Gasteiger partial charge in [-0.05, 0) is 6.07 Å². The van der Waals surface area contributed by atoms with Gasteiger partial charge in [0.2, 0.25) is 0 Å². The van der Waals surface area contributed by atoms with Crippen LogP contribution in [0.2, 0.25) is 0 Å². The summed E-state index contributed by atoms with van der Waals surface area (Å²) in [6, 6.07) is 8.33. The molecule has 1 aromatic carbocycles. The van der Waals surface area contributed by atoms with Gasteiger partial charge in [0.1, 0.15) is 11.8 Å². The van der Waals surface area contributed by atoms with E-state index in [0.717, 1.165) is 16.5 Å². The maximum atomic E-state index is 5.50. The van der Waals surface area contributed by atoms with E-state index in [2.05, 4.69) is 10.3 Å². The molecule has 0 radical (unpaired) electrons. The van der Waals surface area contributed by atoms with Crippen LogP contribution in [-0.4, -0.2) is 12.0 Å². The largest absolute Gasteiger partial charge is 0.464 e. The molecule has 4 heteroatoms. The molecule has 4 nitrogen and oxygen atoms in total. The van der Waals surface area contributed by atoms with Gasteiger partial charge < -0.3 is 14.2 Å². The Balaban J connectivity index is 2.18. The zero-order chi connectivity index (χ0) is 11.0. The van der Waals surface area contributed by atoms with Gasteiger partial charge in [-0.1, -0.05) is 18.2 Å². The molecule has 0 aliphatic rings. The van der Waals surface area contributed by atoms with E-state index in [-0.39, 0.29) is 0 Å². The zero-order valence-electron chi connectivity index (χ0n) is 8.73. The molecule has 80 valence electrons. The minimum atomic E-state index is 0.500. The molecule has 0 unspecified atom stereocenters. The Kier molecular flexibility index (Phi) is 1.93. The molecule has 0 amide bonds. The van der Waals surface area contributed by atoms with E-state index < -0.39 is 0 Å². The molecule has 0 aliphatic carbocycles. The lowest BCUT2D eigenvalue weighted by Gasteiger charge is -1.92. The summed E-state index contributed by atoms with van der Waals surface area (Å²) in [4.78, 5) is 4.08. The monoisotopic (exact) mass is 214 g/mol. The fourth-order valence-corrected chi connectivity index (χ4v) is 1.68. The SMILES string of the molecule is CNc1ncc(-c2coc3ccccc23)o1. The van der Waals surface area contributed by atoms with Gasteiger partial charge in [-0.25, -0.2) is 4.98 Å². The van der Waals surface area contributed by atoms with Crippen LogP contribution in [0.4, 0.5) is 6.01 Å². The normalized spacial score (nSPS) is 10.8. The number of furan rings is 1. The molecule has 1 N–H and O–H groups in total. The molecule has 0 fully saturated rings. The summed E-state index contributed by atoms with van der Waals surface area (Å²) < 4.78 is 10.9. The smallest absolute Gasteiger partial charge is 0.294 e. The number of benzene rings is 1. The van der Waals surface area contributed by atoms with E-state index in [4.69, 9.17) is 8.83 Å². The van der Waals surface area contributed by atoms with E-state index in [1.54, 1.807) is 19.5 Å². The summed E-state index contributed by atoms with van der Waals surface area (Å²) in [5.74, 6) is 0.703. The van der Waals surface area contributed by atoms with Crippen LogP contribution in [0.25, 0.3) is 22.3 Å². The standard InChI is InChI=1S/C12H10N2O2/c1-13-12-14-6-11(16-12)9-7-15-10-5-3-2-4-8(9)10/h2-7H,1H3,(H,13,14). The molecule has 16 heavy (non-hydrogen) atoms. The van der Waals surface area contributed by atoms with Crippen LogP contribution in [0, 0.1) is 0 Å². The van der Waals surface area contributed by atoms with Gasteiger partial charge in [-0.15, -0.1) is 0 Å². The van der Waals surface area contributed by atoms with Crippen molar-refractivity contribution in [2.75, 3.05) is 12.4 Å². The van der Waals surface area contributed by atoms with Crippen LogP contribution in [0.3, 0.4) is 0 Å². The molecule has 0 atom stereocenters. The van der Waals surface area contributed by atoms with Crippen molar-refractivity contribution in [2.24, 2.45) is 0 Å². The third kappa shape index (κ3) is 1.27. The number of para-hydroxylation sites is 1. The van der Waals surface area contributed by atoms with Gasteiger partial charge in [0.25, 0.3) is 6.01 Å². The number of anilines is 1. The van der Waals surface area contributed by atoms with E-state index in [1.807, 2.05) is 24.3 Å². The quantitative estimate of drug-likeness (QED) is 0.712. The summed E-state index contributed by atoms with van der Waals surface area (Å²) in [6.07, 6.45) is 3.37. The first-order valence-electron chi connectivity index (χ1n) is 4.98. The van der Waals surface area contributed by atoms with Crippen molar-refractivity contribution in [3.8, 4) is 11.3 Å². The van der Waals surface area contributed by atoms with Crippen LogP contribution >= 0.6 is 0 Å². The summed E-state index contributed by atoms with van der Waals surface area (Å²) in [6.45, 7) is 0. The van der Waals surface area contributed by atoms with Crippen LogP contribution in [0.1, 0.15) is 0 Å². The second kappa shape index (κ2) is 3.41. The molecule has 0 aliphatic heterocycles. The molecule has 3 aromatic rings. The number of nitrogens with zero attached hydrogens (tertiary/aromatic N) is 1. The maximum Gasteiger partial charge on any atom is 0.294 e. The first-order valence-corrected chi connectivity index (χ1v) is 4.98. The lowest BCUT2D eigenvalue weighted by molar-refractivity contribution is 0.583. The highest BCUT2D eigenvalue weighted by Crippen LogP contribution is 2.31. The Morgan fingerprint density at radius 1 is 1.25 bits per heavy atom. The van der Waals surface area contributed by atoms with Gasteiger partial charge >= 0.3 is 0 Å². The molecular formula is C12H10N2O2. The van der Waals surface area contributed by atoms with Crippen molar-refractivity contribution in [1.29, 1.82) is 0 Å². The highest BCUT2D eigenvalue weighted by atomic mass is 16.4. The average molecular weight is 214 g/mol. The van der Waals surface area contributed by atoms with E-state index >= 15 is 0 Å². The predicted molar refractivity (Wildman–Crippen MR) is 61.3 cm³/mol. The number of hydrogen-bond donors (Lipinski definition) is 1. The topological polar surface area (TPSA) is 51.2 Å². The summed E-state index contributed by atoms with van der Waals surface area (Å²) in [5.41, 5.74) is 1.77. The first-order chi connectivity index (χ1) is 7.88. The van der Waals surface area contributed by atoms with Gasteiger partial charge in [-0.2, -0.15) is 0 Å². The Morgan fingerprint density at radius 2 is 2.12 bits per heavy atom. The minimum Gasteiger partial charge on any atom is -0.464 e. The molecule has 0 bridgehead atoms. The van der Waals surface area contributed by atoms with Crippen LogP contribution in [0.5, 0.6) is 0 Å². The second-order valence-electron chi connectivity index (χ2n) is 3.43. The number of aromatic nitrogens is 1. The van der Waals surface area contributed by atoms with Gasteiger partial charge in [0.15, 0.2) is 5.76 Å². The lowest BCUT2D eigenvalue weighted by Crippen LogP contribution is -1.84. The van der Waals surface area contributed by atoms with Crippen LogP contribution in [-0.2, 0) is 0 Å². The molecule has 0 spiro atoms. The van der Waals surface area contributed by atoms with Crippen molar-refractivity contribution in [3.05, 3.63) is 36.7 Å². The van der Waals surface area contributed by atoms with Crippen molar-refractivity contribution in [2.45, 2.75) is 0 Å².